The molecule has 1 N–H and O–H groups in total. The Labute approximate surface area is 123 Å². The summed E-state index contributed by atoms with van der Waals surface area (Å²) < 4.78 is 9.97. The van der Waals surface area contributed by atoms with Gasteiger partial charge in [-0.2, -0.15) is 0 Å². The third-order valence-corrected chi connectivity index (χ3v) is 2.36. The number of rotatable bonds is 8. The average molecular weight is 281 g/mol. The van der Waals surface area contributed by atoms with Gasteiger partial charge in [0.05, 0.1) is 0 Å². The first-order valence-corrected chi connectivity index (χ1v) is 7.09. The smallest absolute Gasteiger partial charge is 0.407 e. The van der Waals surface area contributed by atoms with Gasteiger partial charge in [-0.25, -0.2) is 4.79 Å². The van der Waals surface area contributed by atoms with Gasteiger partial charge in [0, 0.05) is 27.3 Å². The van der Waals surface area contributed by atoms with Crippen molar-refractivity contribution >= 4 is 6.09 Å². The average Bonchev–Trinajstić information content (AvgIpc) is 2.52. The normalized spacial score (nSPS) is 11.4. The van der Waals surface area contributed by atoms with Gasteiger partial charge in [-0.05, 0) is 31.4 Å². The molecule has 0 aliphatic heterocycles. The number of nitrogens with one attached hydrogen (secondary N) is 1. The third-order valence-electron chi connectivity index (χ3n) is 2.36. The van der Waals surface area contributed by atoms with Crippen molar-refractivity contribution in [1.82, 2.24) is 5.32 Å². The van der Waals surface area contributed by atoms with Crippen LogP contribution in [0.2, 0.25) is 0 Å². The van der Waals surface area contributed by atoms with Crippen molar-refractivity contribution in [3.63, 3.8) is 0 Å². The Morgan fingerprint density at radius 3 is 2.80 bits per heavy atom. The van der Waals surface area contributed by atoms with Crippen LogP contribution in [-0.4, -0.2) is 33.0 Å². The maximum atomic E-state index is 11.3. The van der Waals surface area contributed by atoms with Gasteiger partial charge in [-0.15, -0.1) is 0 Å². The van der Waals surface area contributed by atoms with Crippen LogP contribution in [0.4, 0.5) is 4.79 Å². The SMILES string of the molecule is CC.COCCCCCNC(=O)OCC1=C=C=CC=C1.[HH]. The van der Waals surface area contributed by atoms with E-state index in [1.165, 1.54) is 0 Å². The maximum absolute atomic E-state index is 11.3. The minimum atomic E-state index is -0.390. The fraction of sp³-hybridized carbons (Fsp3) is 0.562. The minimum Gasteiger partial charge on any atom is -0.444 e. The predicted octanol–water partition coefficient (Wildman–Crippen LogP) is 3.61. The summed E-state index contributed by atoms with van der Waals surface area (Å²) in [6.45, 7) is 5.63. The van der Waals surface area contributed by atoms with Gasteiger partial charge in [0.15, 0.2) is 0 Å². The number of hydrogen-bond acceptors (Lipinski definition) is 3. The Morgan fingerprint density at radius 2 is 2.15 bits per heavy atom. The van der Waals surface area contributed by atoms with Gasteiger partial charge in [-0.3, -0.25) is 0 Å². The predicted molar refractivity (Wildman–Crippen MR) is 82.8 cm³/mol. The Balaban J connectivity index is 0. The highest BCUT2D eigenvalue weighted by Gasteiger charge is 2.02. The summed E-state index contributed by atoms with van der Waals surface area (Å²) >= 11 is 0. The van der Waals surface area contributed by atoms with Crippen LogP contribution < -0.4 is 5.32 Å². The summed E-state index contributed by atoms with van der Waals surface area (Å²) in [6, 6.07) is 0. The topological polar surface area (TPSA) is 47.6 Å². The second-order valence-corrected chi connectivity index (χ2v) is 3.88. The van der Waals surface area contributed by atoms with E-state index in [9.17, 15) is 4.79 Å². The largest absolute Gasteiger partial charge is 0.444 e. The van der Waals surface area contributed by atoms with E-state index in [0.29, 0.717) is 6.54 Å². The number of ether oxygens (including phenoxy) is 2. The molecule has 0 atom stereocenters. The van der Waals surface area contributed by atoms with E-state index < -0.39 is 0 Å². The van der Waals surface area contributed by atoms with Crippen molar-refractivity contribution in [2.24, 2.45) is 0 Å². The van der Waals surface area contributed by atoms with Crippen molar-refractivity contribution < 1.29 is 15.7 Å². The summed E-state index contributed by atoms with van der Waals surface area (Å²) in [5.41, 5.74) is 6.49. The second kappa shape index (κ2) is 13.7. The summed E-state index contributed by atoms with van der Waals surface area (Å²) in [4.78, 5) is 11.3. The molecule has 0 radical (unpaired) electrons. The van der Waals surface area contributed by atoms with Crippen LogP contribution in [0.3, 0.4) is 0 Å². The molecular weight excluding hydrogens is 254 g/mol. The molecule has 114 valence electrons. The molecule has 0 spiro atoms. The molecule has 0 aromatic carbocycles. The van der Waals surface area contributed by atoms with Crippen LogP contribution in [0.25, 0.3) is 0 Å². The second-order valence-electron chi connectivity index (χ2n) is 3.88. The van der Waals surface area contributed by atoms with Crippen molar-refractivity contribution in [2.75, 3.05) is 26.9 Å². The van der Waals surface area contributed by atoms with E-state index in [4.69, 9.17) is 9.47 Å². The summed E-state index contributed by atoms with van der Waals surface area (Å²) in [7, 11) is 1.69. The number of hydrogen-bond donors (Lipinski definition) is 1. The molecule has 20 heavy (non-hydrogen) atoms. The molecule has 0 aromatic rings. The zero-order chi connectivity index (χ0) is 15.1. The summed E-state index contributed by atoms with van der Waals surface area (Å²) in [5.74, 6) is 0. The zero-order valence-electron chi connectivity index (χ0n) is 12.7. The van der Waals surface area contributed by atoms with Gasteiger partial charge in [0.25, 0.3) is 0 Å². The molecule has 0 heterocycles. The molecule has 1 aliphatic carbocycles. The first-order chi connectivity index (χ1) is 9.83. The maximum Gasteiger partial charge on any atom is 0.407 e. The van der Waals surface area contributed by atoms with Crippen LogP contribution in [0, 0.1) is 0 Å². The molecule has 0 unspecified atom stereocenters. The fourth-order valence-corrected chi connectivity index (χ4v) is 1.41. The van der Waals surface area contributed by atoms with Gasteiger partial charge in [-0.1, -0.05) is 31.4 Å². The molecule has 1 aliphatic rings. The molecule has 4 heteroatoms. The van der Waals surface area contributed by atoms with E-state index in [1.807, 2.05) is 26.0 Å². The van der Waals surface area contributed by atoms with Crippen molar-refractivity contribution in [3.05, 3.63) is 35.3 Å². The zero-order valence-corrected chi connectivity index (χ0v) is 12.7. The van der Waals surface area contributed by atoms with E-state index in [0.717, 1.165) is 31.4 Å². The van der Waals surface area contributed by atoms with E-state index in [2.05, 4.69) is 16.8 Å². The van der Waals surface area contributed by atoms with E-state index >= 15 is 0 Å². The van der Waals surface area contributed by atoms with Crippen LogP contribution in [0.5, 0.6) is 0 Å². The van der Waals surface area contributed by atoms with E-state index in [1.54, 1.807) is 13.2 Å². The third kappa shape index (κ3) is 10.2. The van der Waals surface area contributed by atoms with Crippen LogP contribution >= 0.6 is 0 Å². The highest BCUT2D eigenvalue weighted by atomic mass is 16.5. The lowest BCUT2D eigenvalue weighted by Gasteiger charge is -2.06. The minimum absolute atomic E-state index is 0. The lowest BCUT2D eigenvalue weighted by atomic mass is 10.2. The molecule has 4 nitrogen and oxygen atoms in total. The highest BCUT2D eigenvalue weighted by Crippen LogP contribution is 1.99. The number of alkyl carbamates (subject to hydrolysis) is 1. The van der Waals surface area contributed by atoms with Crippen LogP contribution in [0.15, 0.2) is 35.3 Å². The Bertz CT molecular complexity index is 392. The number of allylic oxidation sites excluding steroid dienone is 2. The summed E-state index contributed by atoms with van der Waals surface area (Å²) in [5, 5.41) is 2.70. The number of methoxy groups -OCH3 is 1. The number of amides is 1. The van der Waals surface area contributed by atoms with Gasteiger partial charge in [0.1, 0.15) is 6.61 Å². The Morgan fingerprint density at radius 1 is 1.35 bits per heavy atom. The van der Waals surface area contributed by atoms with Gasteiger partial charge < -0.3 is 14.8 Å². The molecule has 0 saturated carbocycles. The Kier molecular flexibility index (Phi) is 12.5. The molecule has 1 amide bonds. The van der Waals surface area contributed by atoms with Crippen molar-refractivity contribution in [2.45, 2.75) is 33.1 Å². The number of carbonyl (C=O) groups excluding carboxylic acids is 1. The molecule has 0 bridgehead atoms. The van der Waals surface area contributed by atoms with E-state index in [-0.39, 0.29) is 14.1 Å². The summed E-state index contributed by atoms with van der Waals surface area (Å²) in [6.07, 6.45) is 8.03. The monoisotopic (exact) mass is 281 g/mol. The lowest BCUT2D eigenvalue weighted by molar-refractivity contribution is 0.156. The standard InChI is InChI=1S/C14H19NO3.C2H6.H2/c1-17-11-7-3-6-10-15-14(16)18-12-13-8-4-2-5-9-13;1-2;/h2,4,8H,3,6-7,10-12H2,1H3,(H,15,16);1-2H3;1H. The molecule has 1 rings (SSSR count). The number of carbonyl (C=O) groups is 1. The quantitative estimate of drug-likeness (QED) is 0.546. The molecular formula is C16H27NO3. The first-order valence-electron chi connectivity index (χ1n) is 7.09. The molecule has 0 fully saturated rings. The van der Waals surface area contributed by atoms with Gasteiger partial charge >= 0.3 is 6.09 Å². The fourth-order valence-electron chi connectivity index (χ4n) is 1.41. The van der Waals surface area contributed by atoms with Crippen molar-refractivity contribution in [3.8, 4) is 0 Å². The van der Waals surface area contributed by atoms with Crippen LogP contribution in [0.1, 0.15) is 34.5 Å². The molecule has 0 aromatic heterocycles. The van der Waals surface area contributed by atoms with Crippen molar-refractivity contribution in [1.29, 1.82) is 0 Å². The lowest BCUT2D eigenvalue weighted by Crippen LogP contribution is -2.25. The highest BCUT2D eigenvalue weighted by molar-refractivity contribution is 5.67. The first kappa shape index (κ1) is 18.3. The Hall–Kier alpha value is -1.73. The van der Waals surface area contributed by atoms with Gasteiger partial charge in [0.2, 0.25) is 0 Å². The molecule has 0 saturated heterocycles. The van der Waals surface area contributed by atoms with Crippen LogP contribution in [-0.2, 0) is 9.47 Å². The number of unbranched alkanes of at least 4 members (excludes halogenated alkanes) is 2.